The van der Waals surface area contributed by atoms with Gasteiger partial charge in [-0.2, -0.15) is 0 Å². The second-order valence-electron chi connectivity index (χ2n) is 4.65. The van der Waals surface area contributed by atoms with Gasteiger partial charge in [-0.3, -0.25) is 0 Å². The average Bonchev–Trinajstić information content (AvgIpc) is 3.02. The van der Waals surface area contributed by atoms with E-state index < -0.39 is 7.14 Å². The van der Waals surface area contributed by atoms with Crippen LogP contribution in [-0.4, -0.2) is 0 Å². The molecule has 3 aromatic rings. The lowest BCUT2D eigenvalue weighted by Crippen LogP contribution is -2.17. The molecule has 0 saturated carbocycles. The summed E-state index contributed by atoms with van der Waals surface area (Å²) < 4.78 is 13.7. The molecule has 1 heterocycles. The van der Waals surface area contributed by atoms with Gasteiger partial charge >= 0.3 is 0 Å². The van der Waals surface area contributed by atoms with Crippen LogP contribution >= 0.6 is 18.5 Å². The van der Waals surface area contributed by atoms with Crippen LogP contribution in [0, 0.1) is 0 Å². The van der Waals surface area contributed by atoms with Crippen LogP contribution in [0.15, 0.2) is 78.2 Å². The highest BCUT2D eigenvalue weighted by Crippen LogP contribution is 2.47. The third-order valence-corrected chi connectivity index (χ3v) is 7.45. The monoisotopic (exact) mass is 298 g/mol. The molecule has 3 heteroatoms. The summed E-state index contributed by atoms with van der Waals surface area (Å²) in [6.45, 7) is 0. The number of hydrogen-bond donors (Lipinski definition) is 0. The zero-order valence-corrected chi connectivity index (χ0v) is 12.7. The molecule has 0 N–H and O–H groups in total. The summed E-state index contributed by atoms with van der Waals surface area (Å²) in [4.78, 5) is 1.17. The van der Waals surface area contributed by atoms with Crippen molar-refractivity contribution < 1.29 is 4.57 Å². The molecule has 0 saturated heterocycles. The van der Waals surface area contributed by atoms with Gasteiger partial charge < -0.3 is 4.57 Å². The molecule has 0 aliphatic rings. The molecular weight excluding hydrogens is 283 g/mol. The molecular formula is C17H15OPS. The second kappa shape index (κ2) is 5.78. The van der Waals surface area contributed by atoms with Gasteiger partial charge in [-0.25, -0.2) is 0 Å². The number of rotatable bonds is 4. The van der Waals surface area contributed by atoms with Crippen molar-refractivity contribution in [3.8, 4) is 0 Å². The van der Waals surface area contributed by atoms with Crippen molar-refractivity contribution in [3.05, 3.63) is 83.1 Å². The molecule has 2 aromatic carbocycles. The molecule has 1 aromatic heterocycles. The molecule has 1 nitrogen and oxygen atoms in total. The Bertz CT molecular complexity index is 662. The minimum atomic E-state index is -2.60. The van der Waals surface area contributed by atoms with E-state index in [1.54, 1.807) is 11.3 Å². The maximum Gasteiger partial charge on any atom is 0.148 e. The van der Waals surface area contributed by atoms with E-state index >= 15 is 0 Å². The molecule has 0 unspecified atom stereocenters. The van der Waals surface area contributed by atoms with Gasteiger partial charge in [0.05, 0.1) is 0 Å². The smallest absolute Gasteiger partial charge is 0.148 e. The number of thiophene rings is 1. The van der Waals surface area contributed by atoms with Gasteiger partial charge in [0.1, 0.15) is 7.14 Å². The summed E-state index contributed by atoms with van der Waals surface area (Å²) >= 11 is 1.67. The van der Waals surface area contributed by atoms with Crippen molar-refractivity contribution in [1.82, 2.24) is 0 Å². The van der Waals surface area contributed by atoms with Gasteiger partial charge in [-0.1, -0.05) is 66.7 Å². The van der Waals surface area contributed by atoms with E-state index in [2.05, 4.69) is 6.07 Å². The molecule has 20 heavy (non-hydrogen) atoms. The number of benzene rings is 2. The fourth-order valence-corrected chi connectivity index (χ4v) is 6.14. The topological polar surface area (TPSA) is 17.1 Å². The molecule has 0 fully saturated rings. The molecule has 0 radical (unpaired) electrons. The van der Waals surface area contributed by atoms with E-state index in [9.17, 15) is 4.57 Å². The highest BCUT2D eigenvalue weighted by Gasteiger charge is 2.27. The Morgan fingerprint density at radius 3 is 1.75 bits per heavy atom. The molecule has 100 valence electrons. The van der Waals surface area contributed by atoms with E-state index in [1.807, 2.05) is 72.1 Å². The Morgan fingerprint density at radius 2 is 1.30 bits per heavy atom. The summed E-state index contributed by atoms with van der Waals surface area (Å²) in [6, 6.07) is 23.7. The summed E-state index contributed by atoms with van der Waals surface area (Å²) in [5.41, 5.74) is 0. The van der Waals surface area contributed by atoms with Gasteiger partial charge in [-0.15, -0.1) is 11.3 Å². The Kier molecular flexibility index (Phi) is 3.86. The van der Waals surface area contributed by atoms with Crippen LogP contribution in [-0.2, 0) is 10.7 Å². The summed E-state index contributed by atoms with van der Waals surface area (Å²) in [7, 11) is -2.60. The standard InChI is InChI=1S/C17H15OPS/c18-19(14-17-12-7-13-20-17,15-8-3-1-4-9-15)16-10-5-2-6-11-16/h1-13H,14H2. The Labute approximate surface area is 123 Å². The molecule has 0 amide bonds. The van der Waals surface area contributed by atoms with Crippen molar-refractivity contribution >= 4 is 29.1 Å². The first-order chi connectivity index (χ1) is 9.79. The summed E-state index contributed by atoms with van der Waals surface area (Å²) in [5, 5.41) is 3.90. The lowest BCUT2D eigenvalue weighted by atomic mass is 10.4. The van der Waals surface area contributed by atoms with Gasteiger partial charge in [0.2, 0.25) is 0 Å². The fraction of sp³-hybridized carbons (Fsp3) is 0.0588. The van der Waals surface area contributed by atoms with Gasteiger partial charge in [0.15, 0.2) is 0 Å². The molecule has 0 spiro atoms. The Hall–Kier alpha value is -1.63. The van der Waals surface area contributed by atoms with Crippen molar-refractivity contribution in [2.75, 3.05) is 0 Å². The first-order valence-electron chi connectivity index (χ1n) is 6.52. The quantitative estimate of drug-likeness (QED) is 0.658. The van der Waals surface area contributed by atoms with Crippen LogP contribution in [0.4, 0.5) is 0 Å². The largest absolute Gasteiger partial charge is 0.313 e. The van der Waals surface area contributed by atoms with Crippen LogP contribution in [0.3, 0.4) is 0 Å². The van der Waals surface area contributed by atoms with E-state index in [4.69, 9.17) is 0 Å². The third-order valence-electron chi connectivity index (χ3n) is 3.31. The van der Waals surface area contributed by atoms with Crippen molar-refractivity contribution in [3.63, 3.8) is 0 Å². The lowest BCUT2D eigenvalue weighted by Gasteiger charge is -2.18. The highest BCUT2D eigenvalue weighted by atomic mass is 32.1. The van der Waals surface area contributed by atoms with E-state index in [-0.39, 0.29) is 0 Å². The normalized spacial score (nSPS) is 11.4. The van der Waals surface area contributed by atoms with Crippen LogP contribution in [0.5, 0.6) is 0 Å². The third kappa shape index (κ3) is 2.63. The van der Waals surface area contributed by atoms with Crippen molar-refractivity contribution in [1.29, 1.82) is 0 Å². The molecule has 0 atom stereocenters. The summed E-state index contributed by atoms with van der Waals surface area (Å²) in [6.07, 6.45) is 0.596. The van der Waals surface area contributed by atoms with E-state index in [1.165, 1.54) is 4.88 Å². The number of hydrogen-bond acceptors (Lipinski definition) is 2. The zero-order valence-electron chi connectivity index (χ0n) is 11.0. The second-order valence-corrected chi connectivity index (χ2v) is 8.51. The highest BCUT2D eigenvalue weighted by molar-refractivity contribution is 7.78. The van der Waals surface area contributed by atoms with E-state index in [0.29, 0.717) is 6.16 Å². The molecule has 0 aliphatic carbocycles. The predicted octanol–water partition coefficient (Wildman–Crippen LogP) is 4.26. The Morgan fingerprint density at radius 1 is 0.750 bits per heavy atom. The SMILES string of the molecule is O=P(Cc1cccs1)(c1ccccc1)c1ccccc1. The van der Waals surface area contributed by atoms with Crippen LogP contribution in [0.2, 0.25) is 0 Å². The van der Waals surface area contributed by atoms with Crippen molar-refractivity contribution in [2.24, 2.45) is 0 Å². The first kappa shape index (κ1) is 13.4. The molecule has 0 aliphatic heterocycles. The predicted molar refractivity (Wildman–Crippen MR) is 87.8 cm³/mol. The van der Waals surface area contributed by atoms with Gasteiger partial charge in [-0.05, 0) is 11.4 Å². The van der Waals surface area contributed by atoms with Crippen LogP contribution in [0.25, 0.3) is 0 Å². The minimum absolute atomic E-state index is 0.596. The van der Waals surface area contributed by atoms with E-state index in [0.717, 1.165) is 10.6 Å². The van der Waals surface area contributed by atoms with Crippen molar-refractivity contribution in [2.45, 2.75) is 6.16 Å². The first-order valence-corrected chi connectivity index (χ1v) is 9.29. The molecule has 0 bridgehead atoms. The average molecular weight is 298 g/mol. The maximum absolute atomic E-state index is 13.7. The Balaban J connectivity index is 2.10. The van der Waals surface area contributed by atoms with Gasteiger partial charge in [0, 0.05) is 21.6 Å². The molecule has 3 rings (SSSR count). The van der Waals surface area contributed by atoms with Gasteiger partial charge in [0.25, 0.3) is 0 Å². The minimum Gasteiger partial charge on any atom is -0.313 e. The zero-order chi connectivity index (χ0) is 13.8. The fourth-order valence-electron chi connectivity index (χ4n) is 2.29. The maximum atomic E-state index is 13.7. The lowest BCUT2D eigenvalue weighted by molar-refractivity contribution is 0.586. The van der Waals surface area contributed by atoms with Crippen LogP contribution in [0.1, 0.15) is 4.88 Å². The van der Waals surface area contributed by atoms with Crippen LogP contribution < -0.4 is 10.6 Å². The summed E-state index contributed by atoms with van der Waals surface area (Å²) in [5.74, 6) is 0.